The van der Waals surface area contributed by atoms with Crippen LogP contribution in [0.15, 0.2) is 77.9 Å². The minimum Gasteiger partial charge on any atom is -0.406 e. The highest BCUT2D eigenvalue weighted by molar-refractivity contribution is 7.92. The number of hydrogen-bond acceptors (Lipinski definition) is 7. The van der Waals surface area contributed by atoms with Crippen LogP contribution in [-0.4, -0.2) is 46.5 Å². The summed E-state index contributed by atoms with van der Waals surface area (Å²) in [6.07, 6.45) is -2.88. The van der Waals surface area contributed by atoms with Crippen LogP contribution in [0.1, 0.15) is 36.5 Å². The van der Waals surface area contributed by atoms with Gasteiger partial charge in [0.25, 0.3) is 10.0 Å². The van der Waals surface area contributed by atoms with Gasteiger partial charge in [0.1, 0.15) is 10.7 Å². The number of halogens is 5. The van der Waals surface area contributed by atoms with Crippen molar-refractivity contribution in [3.63, 3.8) is 0 Å². The predicted octanol–water partition coefficient (Wildman–Crippen LogP) is 6.41. The van der Waals surface area contributed by atoms with E-state index in [1.165, 1.54) is 11.8 Å². The quantitative estimate of drug-likeness (QED) is 0.0834. The fourth-order valence-corrected chi connectivity index (χ4v) is 4.69. The van der Waals surface area contributed by atoms with Gasteiger partial charge in [0, 0.05) is 12.0 Å². The lowest BCUT2D eigenvalue weighted by molar-refractivity contribution is -0.274. The monoisotopic (exact) mass is 652 g/mol. The lowest BCUT2D eigenvalue weighted by Gasteiger charge is -2.12. The van der Waals surface area contributed by atoms with Gasteiger partial charge in [0.15, 0.2) is 5.82 Å². The largest absolute Gasteiger partial charge is 0.573 e. The minimum absolute atomic E-state index is 0.0204. The van der Waals surface area contributed by atoms with Gasteiger partial charge < -0.3 is 4.74 Å². The Balaban J connectivity index is 1.51. The van der Waals surface area contributed by atoms with Crippen LogP contribution in [0.4, 0.5) is 27.9 Å². The summed E-state index contributed by atoms with van der Waals surface area (Å²) < 4.78 is 93.8. The highest BCUT2D eigenvalue weighted by atomic mass is 32.2. The zero-order chi connectivity index (χ0) is 32.1. The number of alkyl halides is 5. The second kappa shape index (κ2) is 13.5. The van der Waals surface area contributed by atoms with Crippen LogP contribution in [0.2, 0.25) is 0 Å². The van der Waals surface area contributed by atoms with Crippen LogP contribution < -0.4 is 14.9 Å². The molecule has 0 aliphatic heterocycles. The standard InChI is InChI=1S/C28H25F5N6O3S2/c1-17(2)23-6-4-3-5-20(23)15-24(43)36-34-16-18-7-9-19(10-8-18)25-35-27(38-44(40,41)26(29)30)39(37-25)21-11-13-22(14-12-21)42-28(31,32)33/h3-14,16-17,26H,15H2,1-2H3,(H,36,43)(H,35,37,38). The molecule has 3 aromatic carbocycles. The number of thiocarbonyl (C=S) groups is 1. The third-order valence-electron chi connectivity index (χ3n) is 5.99. The molecule has 2 N–H and O–H groups in total. The van der Waals surface area contributed by atoms with Gasteiger partial charge >= 0.3 is 12.1 Å². The van der Waals surface area contributed by atoms with E-state index >= 15 is 0 Å². The van der Waals surface area contributed by atoms with E-state index in [-0.39, 0.29) is 11.5 Å². The molecule has 1 aromatic heterocycles. The number of nitrogens with one attached hydrogen (secondary N) is 2. The number of aromatic nitrogens is 3. The van der Waals surface area contributed by atoms with Gasteiger partial charge in [-0.15, -0.1) is 18.3 Å². The summed E-state index contributed by atoms with van der Waals surface area (Å²) in [6, 6.07) is 18.6. The first-order valence-corrected chi connectivity index (χ1v) is 14.8. The molecule has 9 nitrogen and oxygen atoms in total. The molecule has 0 saturated heterocycles. The van der Waals surface area contributed by atoms with Crippen molar-refractivity contribution in [2.75, 3.05) is 4.72 Å². The van der Waals surface area contributed by atoms with Crippen LogP contribution in [0.3, 0.4) is 0 Å². The van der Waals surface area contributed by atoms with E-state index in [0.29, 0.717) is 28.5 Å². The lowest BCUT2D eigenvalue weighted by Crippen LogP contribution is -2.22. The maximum absolute atomic E-state index is 13.1. The van der Waals surface area contributed by atoms with Crippen LogP contribution in [0.25, 0.3) is 17.1 Å². The van der Waals surface area contributed by atoms with Gasteiger partial charge in [-0.3, -0.25) is 5.43 Å². The zero-order valence-electron chi connectivity index (χ0n) is 23.1. The Morgan fingerprint density at radius 1 is 1.05 bits per heavy atom. The van der Waals surface area contributed by atoms with E-state index in [0.717, 1.165) is 34.5 Å². The Bertz CT molecular complexity index is 1740. The number of ether oxygens (including phenoxy) is 1. The molecule has 0 unspecified atom stereocenters. The van der Waals surface area contributed by atoms with Crippen molar-refractivity contribution in [2.24, 2.45) is 5.10 Å². The van der Waals surface area contributed by atoms with Crippen molar-refractivity contribution in [3.05, 3.63) is 89.5 Å². The molecule has 0 aliphatic rings. The van der Waals surface area contributed by atoms with Crippen molar-refractivity contribution in [1.82, 2.24) is 20.2 Å². The summed E-state index contributed by atoms with van der Waals surface area (Å²) in [7, 11) is -5.15. The molecular formula is C28H25F5N6O3S2. The van der Waals surface area contributed by atoms with Gasteiger partial charge in [-0.2, -0.15) is 23.5 Å². The molecule has 0 spiro atoms. The molecule has 0 saturated carbocycles. The Kier molecular flexibility index (Phi) is 9.94. The molecule has 0 amide bonds. The first-order chi connectivity index (χ1) is 20.7. The number of benzene rings is 3. The second-order valence-corrected chi connectivity index (χ2v) is 11.7. The van der Waals surface area contributed by atoms with Crippen LogP contribution >= 0.6 is 12.2 Å². The molecule has 0 fully saturated rings. The maximum Gasteiger partial charge on any atom is 0.573 e. The highest BCUT2D eigenvalue weighted by Gasteiger charge is 2.31. The molecule has 0 atom stereocenters. The SMILES string of the molecule is CC(C)c1ccccc1CC(=S)NN=Cc1ccc(-c2nc(NS(=O)(=O)C(F)F)n(-c3ccc(OC(F)(F)F)cc3)n2)cc1. The summed E-state index contributed by atoms with van der Waals surface area (Å²) in [5, 5.41) is 8.36. The van der Waals surface area contributed by atoms with Crippen LogP contribution in [0.5, 0.6) is 5.75 Å². The molecule has 232 valence electrons. The Labute approximate surface area is 254 Å². The highest BCUT2D eigenvalue weighted by Crippen LogP contribution is 2.27. The van der Waals surface area contributed by atoms with E-state index in [9.17, 15) is 30.4 Å². The Morgan fingerprint density at radius 2 is 1.70 bits per heavy atom. The molecular weight excluding hydrogens is 627 g/mol. The van der Waals surface area contributed by atoms with E-state index in [1.807, 2.05) is 18.2 Å². The number of hydrogen-bond donors (Lipinski definition) is 2. The predicted molar refractivity (Wildman–Crippen MR) is 160 cm³/mol. The molecule has 1 heterocycles. The minimum atomic E-state index is -5.15. The average Bonchev–Trinajstić information content (AvgIpc) is 3.36. The van der Waals surface area contributed by atoms with Gasteiger partial charge in [0.2, 0.25) is 5.95 Å². The zero-order valence-corrected chi connectivity index (χ0v) is 24.7. The topological polar surface area (TPSA) is 110 Å². The van der Waals surface area contributed by atoms with Crippen molar-refractivity contribution < 1.29 is 35.1 Å². The van der Waals surface area contributed by atoms with Gasteiger partial charge in [-0.25, -0.2) is 13.1 Å². The number of hydrazone groups is 1. The van der Waals surface area contributed by atoms with Crippen molar-refractivity contribution >= 4 is 39.4 Å². The summed E-state index contributed by atoms with van der Waals surface area (Å²) in [5.74, 6) is -4.64. The number of sulfonamides is 1. The number of anilines is 1. The Morgan fingerprint density at radius 3 is 2.32 bits per heavy atom. The van der Waals surface area contributed by atoms with E-state index in [4.69, 9.17) is 12.2 Å². The summed E-state index contributed by atoms with van der Waals surface area (Å²) in [4.78, 5) is 4.56. The van der Waals surface area contributed by atoms with Crippen molar-refractivity contribution in [2.45, 2.75) is 38.3 Å². The molecule has 16 heteroatoms. The molecule has 44 heavy (non-hydrogen) atoms. The third kappa shape index (κ3) is 8.57. The third-order valence-corrected chi connectivity index (χ3v) is 7.16. The van der Waals surface area contributed by atoms with E-state index < -0.39 is 33.8 Å². The maximum atomic E-state index is 13.1. The summed E-state index contributed by atoms with van der Waals surface area (Å²) in [5.41, 5.74) is 6.20. The van der Waals surface area contributed by atoms with E-state index in [1.54, 1.807) is 29.0 Å². The summed E-state index contributed by atoms with van der Waals surface area (Å²) in [6.45, 7) is 4.21. The first kappa shape index (κ1) is 32.5. The molecule has 4 rings (SSSR count). The molecule has 0 aliphatic carbocycles. The molecule has 0 radical (unpaired) electrons. The van der Waals surface area contributed by atoms with Crippen molar-refractivity contribution in [1.29, 1.82) is 0 Å². The van der Waals surface area contributed by atoms with Crippen LogP contribution in [0, 0.1) is 0 Å². The summed E-state index contributed by atoms with van der Waals surface area (Å²) >= 11 is 5.42. The van der Waals surface area contributed by atoms with Gasteiger partial charge in [0.05, 0.1) is 11.9 Å². The smallest absolute Gasteiger partial charge is 0.406 e. The van der Waals surface area contributed by atoms with Crippen LogP contribution in [-0.2, 0) is 16.4 Å². The second-order valence-electron chi connectivity index (χ2n) is 9.57. The van der Waals surface area contributed by atoms with Gasteiger partial charge in [-0.1, -0.05) is 74.6 Å². The molecule has 4 aromatic rings. The normalized spacial score (nSPS) is 12.2. The fourth-order valence-electron chi connectivity index (χ4n) is 4.01. The lowest BCUT2D eigenvalue weighted by atomic mass is 9.95. The molecule has 0 bridgehead atoms. The Hall–Kier alpha value is -4.44. The first-order valence-electron chi connectivity index (χ1n) is 12.8. The van der Waals surface area contributed by atoms with Gasteiger partial charge in [-0.05, 0) is 46.9 Å². The number of rotatable bonds is 11. The van der Waals surface area contributed by atoms with Crippen molar-refractivity contribution in [3.8, 4) is 22.8 Å². The fraction of sp³-hybridized carbons (Fsp3) is 0.214. The average molecular weight is 653 g/mol. The number of nitrogens with zero attached hydrogens (tertiary/aromatic N) is 4. The van der Waals surface area contributed by atoms with E-state index in [2.05, 4.69) is 45.3 Å².